The average Bonchev–Trinajstić information content (AvgIpc) is 2.28. The highest BCUT2D eigenvalue weighted by Gasteiger charge is 2.12. The van der Waals surface area contributed by atoms with Gasteiger partial charge in [0.2, 0.25) is 5.91 Å². The third-order valence-electron chi connectivity index (χ3n) is 2.40. The van der Waals surface area contributed by atoms with Gasteiger partial charge >= 0.3 is 0 Å². The Balaban J connectivity index is 3.66. The number of nitrogens with one attached hydrogen (secondary N) is 1. The van der Waals surface area contributed by atoms with Crippen molar-refractivity contribution in [3.8, 4) is 0 Å². The Morgan fingerprint density at radius 2 is 2.12 bits per heavy atom. The van der Waals surface area contributed by atoms with E-state index in [2.05, 4.69) is 24.1 Å². The Bertz CT molecular complexity index is 188. The second-order valence-corrected chi connectivity index (χ2v) is 3.79. The van der Waals surface area contributed by atoms with Crippen LogP contribution in [0.3, 0.4) is 0 Å². The lowest BCUT2D eigenvalue weighted by molar-refractivity contribution is -0.123. The minimum absolute atomic E-state index is 0.144. The van der Waals surface area contributed by atoms with Crippen LogP contribution >= 0.6 is 0 Å². The molecule has 0 aromatic heterocycles. The van der Waals surface area contributed by atoms with Crippen LogP contribution in [0.2, 0.25) is 0 Å². The summed E-state index contributed by atoms with van der Waals surface area (Å²) >= 11 is 0. The molecular weight excluding hydrogens is 206 g/mol. The second-order valence-electron chi connectivity index (χ2n) is 3.79. The molecule has 0 rings (SSSR count). The lowest BCUT2D eigenvalue weighted by atomic mass is 10.3. The number of likely N-dealkylation sites (N-methyl/N-ethyl adjacent to an activating group) is 1. The number of carbonyl (C=O) groups is 1. The first-order valence-corrected chi connectivity index (χ1v) is 5.90. The van der Waals surface area contributed by atoms with E-state index in [-0.39, 0.29) is 12.5 Å². The van der Waals surface area contributed by atoms with Gasteiger partial charge in [-0.15, -0.1) is 0 Å². The third-order valence-corrected chi connectivity index (χ3v) is 2.40. The van der Waals surface area contributed by atoms with Crippen LogP contribution in [-0.2, 0) is 9.53 Å². The molecule has 0 spiro atoms. The van der Waals surface area contributed by atoms with Gasteiger partial charge in [0.25, 0.3) is 0 Å². The van der Waals surface area contributed by atoms with Crippen LogP contribution < -0.4 is 11.1 Å². The van der Waals surface area contributed by atoms with Crippen molar-refractivity contribution in [2.75, 3.05) is 39.9 Å². The molecular formula is C11H25N3O2. The molecule has 1 unspecified atom stereocenters. The van der Waals surface area contributed by atoms with Crippen molar-refractivity contribution in [3.63, 3.8) is 0 Å². The van der Waals surface area contributed by atoms with E-state index in [0.29, 0.717) is 6.54 Å². The monoisotopic (exact) mass is 231 g/mol. The normalized spacial score (nSPS) is 12.8. The molecule has 3 N–H and O–H groups in total. The van der Waals surface area contributed by atoms with Gasteiger partial charge in [-0.3, -0.25) is 4.79 Å². The first-order valence-electron chi connectivity index (χ1n) is 5.90. The zero-order valence-electron chi connectivity index (χ0n) is 10.7. The molecule has 16 heavy (non-hydrogen) atoms. The largest absolute Gasteiger partial charge is 0.383 e. The maximum Gasteiger partial charge on any atom is 0.239 e. The van der Waals surface area contributed by atoms with Crippen molar-refractivity contribution in [1.29, 1.82) is 0 Å². The molecule has 1 amide bonds. The number of nitrogens with two attached hydrogens (primary N) is 1. The Hall–Kier alpha value is -0.650. The summed E-state index contributed by atoms with van der Waals surface area (Å²) in [5.41, 5.74) is 5.59. The summed E-state index contributed by atoms with van der Waals surface area (Å²) in [6, 6.07) is -0.564. The molecule has 5 nitrogen and oxygen atoms in total. The quantitative estimate of drug-likeness (QED) is 0.577. The highest BCUT2D eigenvalue weighted by atomic mass is 16.5. The van der Waals surface area contributed by atoms with Gasteiger partial charge in [-0.2, -0.15) is 0 Å². The summed E-state index contributed by atoms with van der Waals surface area (Å²) in [5, 5.41) is 2.80. The maximum atomic E-state index is 11.4. The molecule has 0 aromatic carbocycles. The number of amides is 1. The average molecular weight is 231 g/mol. The fourth-order valence-corrected chi connectivity index (χ4v) is 1.47. The van der Waals surface area contributed by atoms with E-state index >= 15 is 0 Å². The first-order chi connectivity index (χ1) is 7.65. The van der Waals surface area contributed by atoms with E-state index < -0.39 is 6.04 Å². The summed E-state index contributed by atoms with van der Waals surface area (Å²) in [4.78, 5) is 13.7. The molecule has 0 radical (unpaired) electrons. The zero-order chi connectivity index (χ0) is 12.4. The second kappa shape index (κ2) is 9.57. The number of rotatable bonds is 9. The third kappa shape index (κ3) is 6.76. The fraction of sp³-hybridized carbons (Fsp3) is 0.909. The van der Waals surface area contributed by atoms with Gasteiger partial charge in [-0.1, -0.05) is 13.8 Å². The molecule has 0 aliphatic heterocycles. The molecule has 0 aliphatic carbocycles. The van der Waals surface area contributed by atoms with Crippen LogP contribution in [0.4, 0.5) is 0 Å². The van der Waals surface area contributed by atoms with E-state index in [0.717, 1.165) is 26.1 Å². The first kappa shape index (κ1) is 15.3. The fourth-order valence-electron chi connectivity index (χ4n) is 1.47. The molecule has 0 heterocycles. The van der Waals surface area contributed by atoms with Crippen molar-refractivity contribution < 1.29 is 9.53 Å². The standard InChI is InChI=1S/C11H25N3O2/c1-4-7-14(5-2)8-6-13-11(15)10(12)9-16-3/h10H,4-9,12H2,1-3H3,(H,13,15). The van der Waals surface area contributed by atoms with Gasteiger partial charge in [0.05, 0.1) is 6.61 Å². The van der Waals surface area contributed by atoms with Gasteiger partial charge in [-0.25, -0.2) is 0 Å². The van der Waals surface area contributed by atoms with Gasteiger partial charge < -0.3 is 20.7 Å². The Morgan fingerprint density at radius 1 is 1.44 bits per heavy atom. The van der Waals surface area contributed by atoms with Crippen LogP contribution in [-0.4, -0.2) is 56.7 Å². The number of ether oxygens (including phenoxy) is 1. The highest BCUT2D eigenvalue weighted by molar-refractivity contribution is 5.81. The van der Waals surface area contributed by atoms with Gasteiger partial charge in [0.15, 0.2) is 0 Å². The number of nitrogens with zero attached hydrogens (tertiary/aromatic N) is 1. The Labute approximate surface area is 98.3 Å². The number of hydrogen-bond acceptors (Lipinski definition) is 4. The topological polar surface area (TPSA) is 67.6 Å². The Kier molecular flexibility index (Phi) is 9.18. The van der Waals surface area contributed by atoms with Crippen LogP contribution in [0.5, 0.6) is 0 Å². The summed E-state index contributed by atoms with van der Waals surface area (Å²) in [6.07, 6.45) is 1.13. The van der Waals surface area contributed by atoms with Crippen LogP contribution in [0.1, 0.15) is 20.3 Å². The van der Waals surface area contributed by atoms with Crippen molar-refractivity contribution in [1.82, 2.24) is 10.2 Å². The van der Waals surface area contributed by atoms with Crippen LogP contribution in [0.25, 0.3) is 0 Å². The lowest BCUT2D eigenvalue weighted by Crippen LogP contribution is -2.45. The highest BCUT2D eigenvalue weighted by Crippen LogP contribution is 1.89. The van der Waals surface area contributed by atoms with Gasteiger partial charge in [0, 0.05) is 20.2 Å². The smallest absolute Gasteiger partial charge is 0.239 e. The minimum Gasteiger partial charge on any atom is -0.383 e. The molecule has 0 aliphatic rings. The van der Waals surface area contributed by atoms with E-state index in [1.165, 1.54) is 7.11 Å². The SMILES string of the molecule is CCCN(CC)CCNC(=O)C(N)COC. The van der Waals surface area contributed by atoms with Crippen LogP contribution in [0.15, 0.2) is 0 Å². The molecule has 5 heteroatoms. The Morgan fingerprint density at radius 3 is 2.62 bits per heavy atom. The molecule has 96 valence electrons. The van der Waals surface area contributed by atoms with Crippen molar-refractivity contribution >= 4 is 5.91 Å². The number of hydrogen-bond donors (Lipinski definition) is 2. The van der Waals surface area contributed by atoms with Crippen molar-refractivity contribution in [2.45, 2.75) is 26.3 Å². The number of carbonyl (C=O) groups excluding carboxylic acids is 1. The van der Waals surface area contributed by atoms with Crippen LogP contribution in [0, 0.1) is 0 Å². The zero-order valence-corrected chi connectivity index (χ0v) is 10.7. The van der Waals surface area contributed by atoms with Gasteiger partial charge in [-0.05, 0) is 19.5 Å². The van der Waals surface area contributed by atoms with E-state index in [4.69, 9.17) is 10.5 Å². The predicted octanol–water partition coefficient (Wildman–Crippen LogP) is -0.192. The van der Waals surface area contributed by atoms with E-state index in [9.17, 15) is 4.79 Å². The summed E-state index contributed by atoms with van der Waals surface area (Å²) < 4.78 is 4.82. The molecule has 1 atom stereocenters. The summed E-state index contributed by atoms with van der Waals surface area (Å²) in [5.74, 6) is -0.144. The molecule has 0 bridgehead atoms. The molecule has 0 fully saturated rings. The molecule has 0 saturated carbocycles. The summed E-state index contributed by atoms with van der Waals surface area (Å²) in [7, 11) is 1.53. The maximum absolute atomic E-state index is 11.4. The lowest BCUT2D eigenvalue weighted by Gasteiger charge is -2.20. The molecule has 0 aromatic rings. The number of methoxy groups -OCH3 is 1. The van der Waals surface area contributed by atoms with E-state index in [1.807, 2.05) is 0 Å². The van der Waals surface area contributed by atoms with Crippen molar-refractivity contribution in [3.05, 3.63) is 0 Å². The van der Waals surface area contributed by atoms with Gasteiger partial charge in [0.1, 0.15) is 6.04 Å². The molecule has 0 saturated heterocycles. The van der Waals surface area contributed by atoms with Crippen molar-refractivity contribution in [2.24, 2.45) is 5.73 Å². The predicted molar refractivity (Wildman–Crippen MR) is 65.3 cm³/mol. The van der Waals surface area contributed by atoms with E-state index in [1.54, 1.807) is 0 Å². The summed E-state index contributed by atoms with van der Waals surface area (Å²) in [6.45, 7) is 8.12. The minimum atomic E-state index is -0.564.